The van der Waals surface area contributed by atoms with Crippen LogP contribution in [0.5, 0.6) is 11.5 Å². The molecule has 0 atom stereocenters. The highest BCUT2D eigenvalue weighted by Gasteiger charge is 2.18. The van der Waals surface area contributed by atoms with Crippen molar-refractivity contribution >= 4 is 16.0 Å². The Balaban J connectivity index is 1.60. The Morgan fingerprint density at radius 3 is 2.33 bits per heavy atom. The summed E-state index contributed by atoms with van der Waals surface area (Å²) in [6.07, 6.45) is 3.81. The summed E-state index contributed by atoms with van der Waals surface area (Å²) in [6, 6.07) is 15.3. The van der Waals surface area contributed by atoms with Gasteiger partial charge in [-0.1, -0.05) is 18.2 Å². The van der Waals surface area contributed by atoms with E-state index in [2.05, 4.69) is 9.71 Å². The lowest BCUT2D eigenvalue weighted by Gasteiger charge is -2.10. The van der Waals surface area contributed by atoms with Gasteiger partial charge in [-0.3, -0.25) is 4.98 Å². The number of aromatic nitrogens is 1. The Morgan fingerprint density at radius 2 is 1.67 bits per heavy atom. The molecule has 0 radical (unpaired) electrons. The van der Waals surface area contributed by atoms with Gasteiger partial charge in [0.1, 0.15) is 11.5 Å². The average Bonchev–Trinajstić information content (AvgIpc) is 2.75. The van der Waals surface area contributed by atoms with Gasteiger partial charge in [0.2, 0.25) is 10.0 Å². The zero-order valence-corrected chi connectivity index (χ0v) is 17.5. The first kappa shape index (κ1) is 21.5. The molecule has 8 heteroatoms. The smallest absolute Gasteiger partial charge is 0.338 e. The van der Waals surface area contributed by atoms with E-state index in [1.54, 1.807) is 37.5 Å². The van der Waals surface area contributed by atoms with Crippen LogP contribution in [0.2, 0.25) is 0 Å². The number of nitrogens with one attached hydrogen (secondary N) is 1. The first-order chi connectivity index (χ1) is 14.4. The molecule has 0 aliphatic rings. The summed E-state index contributed by atoms with van der Waals surface area (Å²) in [4.78, 5) is 15.8. The van der Waals surface area contributed by atoms with Crippen molar-refractivity contribution < 1.29 is 22.7 Å². The van der Waals surface area contributed by atoms with Crippen molar-refractivity contribution in [1.29, 1.82) is 0 Å². The Kier molecular flexibility index (Phi) is 6.81. The van der Waals surface area contributed by atoms with Crippen LogP contribution in [0.3, 0.4) is 0 Å². The van der Waals surface area contributed by atoms with Crippen LogP contribution >= 0.6 is 0 Å². The van der Waals surface area contributed by atoms with E-state index in [0.717, 1.165) is 5.56 Å². The molecule has 0 aliphatic heterocycles. The number of aryl methyl sites for hydroxylation is 1. The van der Waals surface area contributed by atoms with E-state index >= 15 is 0 Å². The standard InChI is InChI=1S/C22H22N2O5S/c1-16-3-8-20(15-21(16)22(25)28-2)30(26,27)24-14-9-17-4-6-18(7-5-17)29-19-10-12-23-13-11-19/h3-8,10-13,15,24H,9,14H2,1-2H3. The van der Waals surface area contributed by atoms with E-state index < -0.39 is 16.0 Å². The summed E-state index contributed by atoms with van der Waals surface area (Å²) in [5, 5.41) is 0. The van der Waals surface area contributed by atoms with Gasteiger partial charge in [0.05, 0.1) is 17.6 Å². The van der Waals surface area contributed by atoms with Crippen molar-refractivity contribution in [3.05, 3.63) is 83.7 Å². The third-order valence-electron chi connectivity index (χ3n) is 4.44. The molecule has 3 rings (SSSR count). The highest BCUT2D eigenvalue weighted by molar-refractivity contribution is 7.89. The molecule has 1 N–H and O–H groups in total. The van der Waals surface area contributed by atoms with Gasteiger partial charge < -0.3 is 9.47 Å². The van der Waals surface area contributed by atoms with Crippen LogP contribution in [0, 0.1) is 6.92 Å². The molecule has 0 aliphatic carbocycles. The van der Waals surface area contributed by atoms with Gasteiger partial charge in [0.25, 0.3) is 0 Å². The molecule has 0 unspecified atom stereocenters. The molecule has 3 aromatic rings. The maximum absolute atomic E-state index is 12.6. The number of hydrogen-bond donors (Lipinski definition) is 1. The first-order valence-corrected chi connectivity index (χ1v) is 10.7. The lowest BCUT2D eigenvalue weighted by molar-refractivity contribution is 0.0599. The van der Waals surface area contributed by atoms with Crippen LogP contribution < -0.4 is 9.46 Å². The van der Waals surface area contributed by atoms with E-state index in [9.17, 15) is 13.2 Å². The summed E-state index contributed by atoms with van der Waals surface area (Å²) in [7, 11) is -2.49. The Bertz CT molecular complexity index is 1110. The second-order valence-corrected chi connectivity index (χ2v) is 8.31. The Morgan fingerprint density at radius 1 is 1.00 bits per heavy atom. The normalized spacial score (nSPS) is 11.1. The van der Waals surface area contributed by atoms with Gasteiger partial charge in [0.15, 0.2) is 0 Å². The molecule has 0 saturated carbocycles. The molecular formula is C22H22N2O5S. The fraction of sp³-hybridized carbons (Fsp3) is 0.182. The number of nitrogens with zero attached hydrogens (tertiary/aromatic N) is 1. The zero-order valence-electron chi connectivity index (χ0n) is 16.7. The van der Waals surface area contributed by atoms with E-state index in [-0.39, 0.29) is 17.0 Å². The molecule has 1 aromatic heterocycles. The van der Waals surface area contributed by atoms with Crippen molar-refractivity contribution in [2.45, 2.75) is 18.2 Å². The lowest BCUT2D eigenvalue weighted by atomic mass is 10.1. The topological polar surface area (TPSA) is 94.6 Å². The molecule has 30 heavy (non-hydrogen) atoms. The monoisotopic (exact) mass is 426 g/mol. The second-order valence-electron chi connectivity index (χ2n) is 6.55. The maximum Gasteiger partial charge on any atom is 0.338 e. The van der Waals surface area contributed by atoms with Gasteiger partial charge in [-0.25, -0.2) is 17.9 Å². The number of esters is 1. The number of methoxy groups -OCH3 is 1. The third kappa shape index (κ3) is 5.43. The van der Waals surface area contributed by atoms with Crippen molar-refractivity contribution in [2.24, 2.45) is 0 Å². The predicted molar refractivity (Wildman–Crippen MR) is 112 cm³/mol. The minimum absolute atomic E-state index is 0.0228. The van der Waals surface area contributed by atoms with Gasteiger partial charge in [-0.15, -0.1) is 0 Å². The quantitative estimate of drug-likeness (QED) is 0.554. The first-order valence-electron chi connectivity index (χ1n) is 9.24. The molecule has 156 valence electrons. The van der Waals surface area contributed by atoms with Crippen molar-refractivity contribution in [3.63, 3.8) is 0 Å². The zero-order chi connectivity index (χ0) is 21.6. The van der Waals surface area contributed by atoms with Crippen LogP contribution in [0.1, 0.15) is 21.5 Å². The highest BCUT2D eigenvalue weighted by Crippen LogP contribution is 2.21. The van der Waals surface area contributed by atoms with Crippen LogP contribution in [0.25, 0.3) is 0 Å². The number of pyridine rings is 1. The lowest BCUT2D eigenvalue weighted by Crippen LogP contribution is -2.26. The fourth-order valence-electron chi connectivity index (χ4n) is 2.78. The predicted octanol–water partition coefficient (Wildman–Crippen LogP) is 3.49. The minimum atomic E-state index is -3.75. The summed E-state index contributed by atoms with van der Waals surface area (Å²) in [6.45, 7) is 1.94. The van der Waals surface area contributed by atoms with E-state index in [1.165, 1.54) is 19.2 Å². The van der Waals surface area contributed by atoms with Crippen molar-refractivity contribution in [2.75, 3.05) is 13.7 Å². The van der Waals surface area contributed by atoms with Crippen LogP contribution in [0.15, 0.2) is 71.9 Å². The fourth-order valence-corrected chi connectivity index (χ4v) is 3.84. The number of carbonyl (C=O) groups is 1. The summed E-state index contributed by atoms with van der Waals surface area (Å²) in [5.41, 5.74) is 1.83. The molecule has 2 aromatic carbocycles. The van der Waals surface area contributed by atoms with Crippen LogP contribution in [-0.2, 0) is 21.2 Å². The van der Waals surface area contributed by atoms with Gasteiger partial charge in [0, 0.05) is 18.9 Å². The number of ether oxygens (including phenoxy) is 2. The van der Waals surface area contributed by atoms with Gasteiger partial charge in [-0.05, 0) is 60.9 Å². The summed E-state index contributed by atoms with van der Waals surface area (Å²) >= 11 is 0. The van der Waals surface area contributed by atoms with E-state index in [1.807, 2.05) is 24.3 Å². The van der Waals surface area contributed by atoms with Crippen molar-refractivity contribution in [3.8, 4) is 11.5 Å². The molecule has 0 fully saturated rings. The Labute approximate surface area is 175 Å². The average molecular weight is 426 g/mol. The molecule has 0 saturated heterocycles. The minimum Gasteiger partial charge on any atom is -0.465 e. The molecule has 7 nitrogen and oxygen atoms in total. The molecule has 0 amide bonds. The largest absolute Gasteiger partial charge is 0.465 e. The Hall–Kier alpha value is -3.23. The van der Waals surface area contributed by atoms with Crippen molar-refractivity contribution in [1.82, 2.24) is 9.71 Å². The van der Waals surface area contributed by atoms with E-state index in [4.69, 9.17) is 9.47 Å². The molecular weight excluding hydrogens is 404 g/mol. The SMILES string of the molecule is COC(=O)c1cc(S(=O)(=O)NCCc2ccc(Oc3ccncc3)cc2)ccc1C. The van der Waals surface area contributed by atoms with E-state index in [0.29, 0.717) is 23.5 Å². The molecule has 1 heterocycles. The number of rotatable bonds is 8. The number of carbonyl (C=O) groups excluding carboxylic acids is 1. The molecule has 0 bridgehead atoms. The highest BCUT2D eigenvalue weighted by atomic mass is 32.2. The number of benzene rings is 2. The van der Waals surface area contributed by atoms with Gasteiger partial charge >= 0.3 is 5.97 Å². The summed E-state index contributed by atoms with van der Waals surface area (Å²) < 4.78 is 38.1. The maximum atomic E-state index is 12.6. The van der Waals surface area contributed by atoms with Gasteiger partial charge in [-0.2, -0.15) is 0 Å². The number of hydrogen-bond acceptors (Lipinski definition) is 6. The third-order valence-corrected chi connectivity index (χ3v) is 5.90. The summed E-state index contributed by atoms with van der Waals surface area (Å²) in [5.74, 6) is 0.800. The number of sulfonamides is 1. The van der Waals surface area contributed by atoms with Crippen LogP contribution in [0.4, 0.5) is 0 Å². The second kappa shape index (κ2) is 9.51. The molecule has 0 spiro atoms. The van der Waals surface area contributed by atoms with Crippen LogP contribution in [-0.4, -0.2) is 33.0 Å².